The van der Waals surface area contributed by atoms with Gasteiger partial charge in [0.1, 0.15) is 34.9 Å². The van der Waals surface area contributed by atoms with Crippen LogP contribution in [0.2, 0.25) is 0 Å². The summed E-state index contributed by atoms with van der Waals surface area (Å²) < 4.78 is 38.1. The maximum atomic E-state index is 13.8. The second-order valence-corrected chi connectivity index (χ2v) is 12.7. The first kappa shape index (κ1) is 32.0. The van der Waals surface area contributed by atoms with E-state index in [4.69, 9.17) is 15.6 Å². The van der Waals surface area contributed by atoms with E-state index < -0.39 is 16.1 Å². The molecule has 0 aliphatic heterocycles. The second kappa shape index (κ2) is 12.7. The van der Waals surface area contributed by atoms with Crippen molar-refractivity contribution in [2.45, 2.75) is 38.6 Å². The van der Waals surface area contributed by atoms with Crippen molar-refractivity contribution in [1.29, 1.82) is 0 Å². The smallest absolute Gasteiger partial charge is 0.282 e. The van der Waals surface area contributed by atoms with E-state index in [1.165, 1.54) is 36.8 Å². The number of para-hydroxylation sites is 1. The lowest BCUT2D eigenvalue weighted by molar-refractivity contribution is 0.329. The fourth-order valence-corrected chi connectivity index (χ4v) is 6.45. The molecular weight excluding hydrogens is 634 g/mol. The Balaban J connectivity index is 1.42. The highest BCUT2D eigenvalue weighted by Crippen LogP contribution is 2.37. The molecular formula is C33H33N9O5S. The predicted octanol–water partition coefficient (Wildman–Crippen LogP) is 4.61. The van der Waals surface area contributed by atoms with Gasteiger partial charge in [0.25, 0.3) is 15.6 Å². The summed E-state index contributed by atoms with van der Waals surface area (Å²) >= 11 is 0. The fourth-order valence-electron chi connectivity index (χ4n) is 5.31. The zero-order valence-corrected chi connectivity index (χ0v) is 27.4. The highest BCUT2D eigenvalue weighted by Gasteiger charge is 2.24. The van der Waals surface area contributed by atoms with Crippen LogP contribution in [-0.2, 0) is 10.0 Å². The summed E-state index contributed by atoms with van der Waals surface area (Å²) in [7, 11) is -4.12. The van der Waals surface area contributed by atoms with Gasteiger partial charge in [0.2, 0.25) is 5.88 Å². The molecule has 6 rings (SSSR count). The van der Waals surface area contributed by atoms with E-state index >= 15 is 0 Å². The molecule has 0 radical (unpaired) electrons. The van der Waals surface area contributed by atoms with Gasteiger partial charge in [0, 0.05) is 18.0 Å². The summed E-state index contributed by atoms with van der Waals surface area (Å²) in [6, 6.07) is 15.9. The van der Waals surface area contributed by atoms with E-state index in [9.17, 15) is 18.3 Å². The number of aryl methyl sites for hydroxylation is 2. The fraction of sp³-hybridized carbons (Fsp3) is 0.182. The molecule has 2 aromatic carbocycles. The molecule has 246 valence electrons. The number of aromatic nitrogens is 6. The van der Waals surface area contributed by atoms with Crippen LogP contribution in [0.25, 0.3) is 22.3 Å². The number of nitrogen functional groups attached to an aromatic ring is 1. The summed E-state index contributed by atoms with van der Waals surface area (Å²) in [6.07, 6.45) is 4.51. The molecule has 5 N–H and O–H groups in total. The molecule has 48 heavy (non-hydrogen) atoms. The molecule has 1 atom stereocenters. The first-order valence-corrected chi connectivity index (χ1v) is 16.5. The maximum Gasteiger partial charge on any atom is 0.282 e. The number of nitrogens with two attached hydrogens (primary N) is 1. The predicted molar refractivity (Wildman–Crippen MR) is 182 cm³/mol. The number of ether oxygens (including phenoxy) is 1. The van der Waals surface area contributed by atoms with E-state index in [-0.39, 0.29) is 40.2 Å². The van der Waals surface area contributed by atoms with Crippen molar-refractivity contribution in [2.24, 2.45) is 0 Å². The third-order valence-electron chi connectivity index (χ3n) is 7.69. The number of sulfonamides is 1. The average Bonchev–Trinajstić information content (AvgIpc) is 3.44. The number of fused-ring (bicyclic) bond motifs is 1. The van der Waals surface area contributed by atoms with Gasteiger partial charge in [-0.1, -0.05) is 18.2 Å². The highest BCUT2D eigenvalue weighted by atomic mass is 32.2. The maximum absolute atomic E-state index is 13.8. The number of benzene rings is 2. The van der Waals surface area contributed by atoms with Gasteiger partial charge in [-0.2, -0.15) is 5.10 Å². The SMILES string of the molecule is CCOc1ncc(-c2c(N)ncnc2N[C@@H](C)c2nn3ccc(C)c3c(=O)n2-c2ccccc2)cc1NS(=O)(=O)c1ccc(O)c(C)c1. The molecule has 15 heteroatoms. The molecule has 4 heterocycles. The van der Waals surface area contributed by atoms with E-state index in [2.05, 4.69) is 25.0 Å². The van der Waals surface area contributed by atoms with Gasteiger partial charge in [-0.15, -0.1) is 0 Å². The number of rotatable bonds is 10. The molecule has 0 aliphatic rings. The van der Waals surface area contributed by atoms with Crippen molar-refractivity contribution in [2.75, 3.05) is 22.4 Å². The number of phenolic OH excluding ortho intramolecular Hbond substituents is 1. The first-order chi connectivity index (χ1) is 23.0. The molecule has 0 saturated heterocycles. The van der Waals surface area contributed by atoms with Crippen LogP contribution in [0.4, 0.5) is 17.3 Å². The van der Waals surface area contributed by atoms with Gasteiger partial charge in [-0.25, -0.2) is 27.9 Å². The Morgan fingerprint density at radius 1 is 1.02 bits per heavy atom. The number of anilines is 3. The van der Waals surface area contributed by atoms with Crippen LogP contribution in [0, 0.1) is 13.8 Å². The zero-order chi connectivity index (χ0) is 34.2. The van der Waals surface area contributed by atoms with Crippen molar-refractivity contribution in [3.8, 4) is 28.4 Å². The lowest BCUT2D eigenvalue weighted by Gasteiger charge is -2.21. The average molecular weight is 668 g/mol. The number of pyridine rings is 1. The van der Waals surface area contributed by atoms with E-state index in [0.29, 0.717) is 39.5 Å². The van der Waals surface area contributed by atoms with Crippen LogP contribution in [0.15, 0.2) is 89.1 Å². The molecule has 14 nitrogen and oxygen atoms in total. The third kappa shape index (κ3) is 5.98. The number of hydrogen-bond donors (Lipinski definition) is 4. The number of hydrogen-bond acceptors (Lipinski definition) is 11. The summed E-state index contributed by atoms with van der Waals surface area (Å²) in [5, 5.41) is 18.0. The monoisotopic (exact) mass is 667 g/mol. The van der Waals surface area contributed by atoms with E-state index in [1.54, 1.807) is 29.1 Å². The number of phenols is 1. The minimum absolute atomic E-state index is 0.0270. The summed E-state index contributed by atoms with van der Waals surface area (Å²) in [5.41, 5.74) is 9.23. The van der Waals surface area contributed by atoms with Crippen LogP contribution >= 0.6 is 0 Å². The molecule has 0 unspecified atom stereocenters. The molecule has 0 spiro atoms. The minimum Gasteiger partial charge on any atom is -0.508 e. The van der Waals surface area contributed by atoms with Gasteiger partial charge < -0.3 is 20.9 Å². The largest absolute Gasteiger partial charge is 0.508 e. The Morgan fingerprint density at radius 2 is 1.79 bits per heavy atom. The molecule has 4 aromatic heterocycles. The Hall–Kier alpha value is -5.96. The van der Waals surface area contributed by atoms with Gasteiger partial charge in [-0.3, -0.25) is 14.1 Å². The summed E-state index contributed by atoms with van der Waals surface area (Å²) in [5.74, 6) is 0.811. The van der Waals surface area contributed by atoms with Crippen LogP contribution in [0.3, 0.4) is 0 Å². The van der Waals surface area contributed by atoms with Crippen LogP contribution < -0.4 is 26.1 Å². The topological polar surface area (TPSA) is 192 Å². The van der Waals surface area contributed by atoms with Gasteiger partial charge in [0.15, 0.2) is 5.82 Å². The second-order valence-electron chi connectivity index (χ2n) is 11.0. The Morgan fingerprint density at radius 3 is 2.52 bits per heavy atom. The molecule has 0 saturated carbocycles. The molecule has 0 aliphatic carbocycles. The van der Waals surface area contributed by atoms with Crippen molar-refractivity contribution < 1.29 is 18.3 Å². The molecule has 0 bridgehead atoms. The highest BCUT2D eigenvalue weighted by molar-refractivity contribution is 7.92. The lowest BCUT2D eigenvalue weighted by atomic mass is 10.1. The molecule has 0 amide bonds. The van der Waals surface area contributed by atoms with Gasteiger partial charge in [0.05, 0.1) is 28.8 Å². The molecule has 0 fully saturated rings. The molecule has 6 aromatic rings. The third-order valence-corrected chi connectivity index (χ3v) is 9.05. The lowest BCUT2D eigenvalue weighted by Crippen LogP contribution is -2.29. The van der Waals surface area contributed by atoms with Crippen molar-refractivity contribution in [1.82, 2.24) is 29.1 Å². The minimum atomic E-state index is -4.12. The van der Waals surface area contributed by atoms with Gasteiger partial charge >= 0.3 is 0 Å². The van der Waals surface area contributed by atoms with E-state index in [1.807, 2.05) is 50.2 Å². The Kier molecular flexibility index (Phi) is 8.45. The van der Waals surface area contributed by atoms with E-state index in [0.717, 1.165) is 5.56 Å². The van der Waals surface area contributed by atoms with Gasteiger partial charge in [-0.05, 0) is 81.3 Å². The van der Waals surface area contributed by atoms with Crippen LogP contribution in [-0.4, -0.2) is 49.3 Å². The number of nitrogens with zero attached hydrogens (tertiary/aromatic N) is 6. The Labute approximate surface area is 276 Å². The quantitative estimate of drug-likeness (QED) is 0.159. The summed E-state index contributed by atoms with van der Waals surface area (Å²) in [4.78, 5) is 26.8. The zero-order valence-electron chi connectivity index (χ0n) is 26.5. The standard InChI is InChI=1S/C33H33N9O5S/c1-5-47-32-25(40-48(45,46)24-11-12-26(43)20(3)15-24)16-22(17-35-32)27-29(34)36-18-37-30(27)38-21(4)31-39-41-14-13-19(2)28(41)33(44)42(31)23-9-7-6-8-10-23/h6-18,21,40,43H,5H2,1-4H3,(H3,34,36,37,38)/t21-/m0/s1. The van der Waals surface area contributed by atoms with Crippen molar-refractivity contribution in [3.05, 3.63) is 107 Å². The normalized spacial score (nSPS) is 12.2. The first-order valence-electron chi connectivity index (χ1n) is 15.0. The van der Waals surface area contributed by atoms with Crippen LogP contribution in [0.1, 0.15) is 36.8 Å². The van der Waals surface area contributed by atoms with Crippen molar-refractivity contribution >= 4 is 32.9 Å². The number of aromatic hydroxyl groups is 1. The van der Waals surface area contributed by atoms with Crippen LogP contribution in [0.5, 0.6) is 11.6 Å². The Bertz CT molecular complexity index is 2320. The number of nitrogens with one attached hydrogen (secondary N) is 2. The van der Waals surface area contributed by atoms with Crippen molar-refractivity contribution in [3.63, 3.8) is 0 Å². The summed E-state index contributed by atoms with van der Waals surface area (Å²) in [6.45, 7) is 7.26.